The van der Waals surface area contributed by atoms with Gasteiger partial charge >= 0.3 is 7.12 Å². The van der Waals surface area contributed by atoms with Gasteiger partial charge in [0.05, 0.1) is 6.26 Å². The van der Waals surface area contributed by atoms with Crippen LogP contribution in [0.25, 0.3) is 32.5 Å². The average Bonchev–Trinajstić information content (AvgIpc) is 2.94. The first kappa shape index (κ1) is 11.5. The lowest BCUT2D eigenvalue weighted by Gasteiger charge is -2.08. The van der Waals surface area contributed by atoms with E-state index in [9.17, 15) is 10.0 Å². The summed E-state index contributed by atoms with van der Waals surface area (Å²) in [5, 5.41) is 23.9. The van der Waals surface area contributed by atoms with Gasteiger partial charge in [-0.2, -0.15) is 0 Å². The topological polar surface area (TPSA) is 53.6 Å². The summed E-state index contributed by atoms with van der Waals surface area (Å²) in [6.45, 7) is 0. The second-order valence-corrected chi connectivity index (χ2v) is 4.88. The van der Waals surface area contributed by atoms with Crippen LogP contribution in [-0.2, 0) is 0 Å². The van der Waals surface area contributed by atoms with Crippen LogP contribution in [0.1, 0.15) is 0 Å². The molecule has 0 amide bonds. The fourth-order valence-electron chi connectivity index (χ4n) is 2.85. The highest BCUT2D eigenvalue weighted by Crippen LogP contribution is 2.31. The van der Waals surface area contributed by atoms with Crippen molar-refractivity contribution in [2.24, 2.45) is 0 Å². The Labute approximate surface area is 115 Å². The quantitative estimate of drug-likeness (QED) is 0.409. The number of hydrogen-bond acceptors (Lipinski definition) is 3. The second-order valence-electron chi connectivity index (χ2n) is 4.88. The highest BCUT2D eigenvalue weighted by atomic mass is 16.4. The van der Waals surface area contributed by atoms with Crippen LogP contribution in [0, 0.1) is 0 Å². The summed E-state index contributed by atoms with van der Waals surface area (Å²) in [4.78, 5) is 0. The normalized spacial score (nSPS) is 11.5. The van der Waals surface area contributed by atoms with Gasteiger partial charge in [0.25, 0.3) is 0 Å². The maximum Gasteiger partial charge on any atom is 0.489 e. The van der Waals surface area contributed by atoms with E-state index in [4.69, 9.17) is 4.42 Å². The van der Waals surface area contributed by atoms with Crippen LogP contribution in [0.4, 0.5) is 0 Å². The summed E-state index contributed by atoms with van der Waals surface area (Å²) in [5.41, 5.74) is 1.38. The van der Waals surface area contributed by atoms with Gasteiger partial charge in [0.1, 0.15) is 5.58 Å². The maximum atomic E-state index is 9.47. The standard InChI is InChI=1S/C16H11BO3/c18-17(19)15-3-1-2-11-12-5-4-10-8-9-20-16(10)14(12)7-6-13(11)15/h1-9,18-19H. The van der Waals surface area contributed by atoms with Crippen LogP contribution in [0.2, 0.25) is 0 Å². The molecule has 3 nitrogen and oxygen atoms in total. The monoisotopic (exact) mass is 262 g/mol. The molecule has 0 saturated heterocycles. The van der Waals surface area contributed by atoms with E-state index in [0.717, 1.165) is 32.5 Å². The van der Waals surface area contributed by atoms with Crippen LogP contribution >= 0.6 is 0 Å². The van der Waals surface area contributed by atoms with E-state index in [1.54, 1.807) is 12.3 Å². The maximum absolute atomic E-state index is 9.47. The Kier molecular flexibility index (Phi) is 2.36. The third-order valence-corrected chi connectivity index (χ3v) is 3.78. The highest BCUT2D eigenvalue weighted by Gasteiger charge is 2.15. The Bertz CT molecular complexity index is 940. The zero-order valence-corrected chi connectivity index (χ0v) is 10.6. The van der Waals surface area contributed by atoms with Crippen molar-refractivity contribution in [1.82, 2.24) is 0 Å². The predicted molar refractivity (Wildman–Crippen MR) is 81.1 cm³/mol. The molecule has 0 fully saturated rings. The Morgan fingerprint density at radius 1 is 0.750 bits per heavy atom. The van der Waals surface area contributed by atoms with E-state index >= 15 is 0 Å². The van der Waals surface area contributed by atoms with Crippen LogP contribution < -0.4 is 5.46 Å². The molecule has 4 rings (SSSR count). The van der Waals surface area contributed by atoms with Crippen molar-refractivity contribution in [3.63, 3.8) is 0 Å². The van der Waals surface area contributed by atoms with Gasteiger partial charge in [-0.3, -0.25) is 0 Å². The Morgan fingerprint density at radius 3 is 2.35 bits per heavy atom. The lowest BCUT2D eigenvalue weighted by Crippen LogP contribution is -2.30. The zero-order valence-electron chi connectivity index (χ0n) is 10.6. The Morgan fingerprint density at radius 2 is 1.50 bits per heavy atom. The van der Waals surface area contributed by atoms with E-state index in [1.165, 1.54) is 0 Å². The molecular formula is C16H11BO3. The molecule has 3 aromatic carbocycles. The van der Waals surface area contributed by atoms with Gasteiger partial charge in [0.15, 0.2) is 0 Å². The summed E-state index contributed by atoms with van der Waals surface area (Å²) in [6, 6.07) is 15.4. The molecule has 0 saturated carbocycles. The molecule has 2 N–H and O–H groups in total. The Hall–Kier alpha value is -2.30. The van der Waals surface area contributed by atoms with Crippen molar-refractivity contribution < 1.29 is 14.5 Å². The molecule has 0 bridgehead atoms. The average molecular weight is 262 g/mol. The summed E-state index contributed by atoms with van der Waals surface area (Å²) in [7, 11) is -1.47. The van der Waals surface area contributed by atoms with E-state index < -0.39 is 7.12 Å². The SMILES string of the molecule is OB(O)c1cccc2c1ccc1c2ccc2ccoc21. The van der Waals surface area contributed by atoms with Crippen LogP contribution in [0.3, 0.4) is 0 Å². The molecule has 1 aromatic heterocycles. The van der Waals surface area contributed by atoms with Gasteiger partial charge in [-0.25, -0.2) is 0 Å². The first-order valence-corrected chi connectivity index (χ1v) is 6.43. The van der Waals surface area contributed by atoms with E-state index in [0.29, 0.717) is 5.46 Å². The largest absolute Gasteiger partial charge is 0.489 e. The minimum atomic E-state index is -1.47. The van der Waals surface area contributed by atoms with Crippen molar-refractivity contribution in [2.45, 2.75) is 0 Å². The van der Waals surface area contributed by atoms with Crippen molar-refractivity contribution in [2.75, 3.05) is 0 Å². The first-order valence-electron chi connectivity index (χ1n) is 6.43. The van der Waals surface area contributed by atoms with Crippen molar-refractivity contribution >= 4 is 45.1 Å². The minimum absolute atomic E-state index is 0.518. The van der Waals surface area contributed by atoms with Gasteiger partial charge in [-0.1, -0.05) is 36.4 Å². The number of hydrogen-bond donors (Lipinski definition) is 2. The van der Waals surface area contributed by atoms with Crippen LogP contribution in [-0.4, -0.2) is 17.2 Å². The first-order chi connectivity index (χ1) is 9.75. The number of fused-ring (bicyclic) bond motifs is 5. The number of furan rings is 1. The summed E-state index contributed by atoms with van der Waals surface area (Å²) >= 11 is 0. The molecule has 4 aromatic rings. The summed E-state index contributed by atoms with van der Waals surface area (Å²) < 4.78 is 5.56. The highest BCUT2D eigenvalue weighted by molar-refractivity contribution is 6.62. The van der Waals surface area contributed by atoms with Gasteiger partial charge in [0.2, 0.25) is 0 Å². The van der Waals surface area contributed by atoms with Crippen LogP contribution in [0.5, 0.6) is 0 Å². The third kappa shape index (κ3) is 1.49. The second kappa shape index (κ2) is 4.10. The molecule has 4 heteroatoms. The molecule has 20 heavy (non-hydrogen) atoms. The summed E-state index contributed by atoms with van der Waals surface area (Å²) in [5.74, 6) is 0. The third-order valence-electron chi connectivity index (χ3n) is 3.78. The minimum Gasteiger partial charge on any atom is -0.464 e. The van der Waals surface area contributed by atoms with Gasteiger partial charge in [-0.15, -0.1) is 0 Å². The van der Waals surface area contributed by atoms with E-state index in [1.807, 2.05) is 42.5 Å². The molecule has 96 valence electrons. The lowest BCUT2D eigenvalue weighted by molar-refractivity contribution is 0.426. The fourth-order valence-corrected chi connectivity index (χ4v) is 2.85. The fraction of sp³-hybridized carbons (Fsp3) is 0. The predicted octanol–water partition coefficient (Wildman–Crippen LogP) is 2.42. The molecule has 0 aliphatic heterocycles. The molecular weight excluding hydrogens is 251 g/mol. The smallest absolute Gasteiger partial charge is 0.464 e. The molecule has 0 aliphatic carbocycles. The van der Waals surface area contributed by atoms with E-state index in [-0.39, 0.29) is 0 Å². The molecule has 0 atom stereocenters. The molecule has 0 unspecified atom stereocenters. The zero-order chi connectivity index (χ0) is 13.7. The van der Waals surface area contributed by atoms with Gasteiger partial charge < -0.3 is 14.5 Å². The van der Waals surface area contributed by atoms with Crippen molar-refractivity contribution in [3.05, 3.63) is 54.8 Å². The van der Waals surface area contributed by atoms with Crippen molar-refractivity contribution in [3.8, 4) is 0 Å². The van der Waals surface area contributed by atoms with Crippen molar-refractivity contribution in [1.29, 1.82) is 0 Å². The Balaban J connectivity index is 2.21. The van der Waals surface area contributed by atoms with Gasteiger partial charge in [-0.05, 0) is 33.8 Å². The lowest BCUT2D eigenvalue weighted by atomic mass is 9.76. The van der Waals surface area contributed by atoms with Gasteiger partial charge in [0, 0.05) is 10.8 Å². The van der Waals surface area contributed by atoms with Crippen LogP contribution in [0.15, 0.2) is 59.2 Å². The molecule has 1 heterocycles. The molecule has 0 spiro atoms. The number of rotatable bonds is 1. The van der Waals surface area contributed by atoms with E-state index in [2.05, 4.69) is 0 Å². The molecule has 0 radical (unpaired) electrons. The molecule has 0 aliphatic rings. The summed E-state index contributed by atoms with van der Waals surface area (Å²) in [6.07, 6.45) is 1.68. The number of benzene rings is 3.